The van der Waals surface area contributed by atoms with Crippen molar-refractivity contribution >= 4 is 44.0 Å². The number of nitrogens with zero attached hydrogens (tertiary/aromatic N) is 3. The van der Waals surface area contributed by atoms with E-state index in [1.807, 2.05) is 18.2 Å². The lowest BCUT2D eigenvalue weighted by Crippen LogP contribution is -1.96. The van der Waals surface area contributed by atoms with E-state index >= 15 is 0 Å². The van der Waals surface area contributed by atoms with E-state index in [1.54, 1.807) is 23.9 Å². The molecule has 1 aromatic carbocycles. The number of benzene rings is 1. The molecule has 0 aliphatic rings. The lowest BCUT2D eigenvalue weighted by Gasteiger charge is -2.08. The van der Waals surface area contributed by atoms with Crippen LogP contribution in [-0.2, 0) is 0 Å². The fraction of sp³-hybridized carbons (Fsp3) is 0.0625. The van der Waals surface area contributed by atoms with Crippen LogP contribution in [0.1, 0.15) is 4.88 Å². The molecule has 5 heteroatoms. The van der Waals surface area contributed by atoms with Crippen molar-refractivity contribution in [1.82, 2.24) is 15.0 Å². The van der Waals surface area contributed by atoms with Crippen LogP contribution in [0.2, 0.25) is 0 Å². The molecule has 0 atom stereocenters. The van der Waals surface area contributed by atoms with Crippen LogP contribution < -0.4 is 5.32 Å². The van der Waals surface area contributed by atoms with Crippen LogP contribution in [-0.4, -0.2) is 15.0 Å². The monoisotopic (exact) mass is 292 g/mol. The number of hydrogen-bond donors (Lipinski definition) is 1. The SMILES string of the molecule is Cc1cc2c(Nc3cccc4cccnc34)ncnc2s1. The number of pyridine rings is 1. The smallest absolute Gasteiger partial charge is 0.142 e. The first-order valence-corrected chi connectivity index (χ1v) is 7.45. The number of hydrogen-bond acceptors (Lipinski definition) is 5. The number of rotatable bonds is 2. The van der Waals surface area contributed by atoms with E-state index in [1.165, 1.54) is 4.88 Å². The maximum Gasteiger partial charge on any atom is 0.142 e. The van der Waals surface area contributed by atoms with Crippen LogP contribution in [0.15, 0.2) is 48.9 Å². The van der Waals surface area contributed by atoms with Crippen LogP contribution in [0, 0.1) is 6.92 Å². The van der Waals surface area contributed by atoms with Gasteiger partial charge in [0.2, 0.25) is 0 Å². The zero-order valence-corrected chi connectivity index (χ0v) is 12.2. The Morgan fingerprint density at radius 3 is 2.90 bits per heavy atom. The molecule has 4 nitrogen and oxygen atoms in total. The van der Waals surface area contributed by atoms with Crippen molar-refractivity contribution < 1.29 is 0 Å². The van der Waals surface area contributed by atoms with E-state index in [0.717, 1.165) is 32.6 Å². The average molecular weight is 292 g/mol. The predicted octanol–water partition coefficient (Wildman–Crippen LogP) is 4.29. The summed E-state index contributed by atoms with van der Waals surface area (Å²) in [4.78, 5) is 15.4. The molecule has 0 saturated heterocycles. The van der Waals surface area contributed by atoms with E-state index in [9.17, 15) is 0 Å². The number of para-hydroxylation sites is 1. The molecule has 0 aliphatic carbocycles. The highest BCUT2D eigenvalue weighted by Crippen LogP contribution is 2.31. The van der Waals surface area contributed by atoms with Crippen LogP contribution in [0.4, 0.5) is 11.5 Å². The molecule has 0 unspecified atom stereocenters. The molecule has 1 N–H and O–H groups in total. The van der Waals surface area contributed by atoms with Crippen LogP contribution in [0.25, 0.3) is 21.1 Å². The molecule has 0 saturated carbocycles. The highest BCUT2D eigenvalue weighted by molar-refractivity contribution is 7.18. The Morgan fingerprint density at radius 2 is 1.95 bits per heavy atom. The Balaban J connectivity index is 1.87. The Labute approximate surface area is 125 Å². The van der Waals surface area contributed by atoms with Gasteiger partial charge in [-0.3, -0.25) is 4.98 Å². The summed E-state index contributed by atoms with van der Waals surface area (Å²) in [5.41, 5.74) is 1.90. The third-order valence-electron chi connectivity index (χ3n) is 3.34. The second-order valence-electron chi connectivity index (χ2n) is 4.80. The second-order valence-corrected chi connectivity index (χ2v) is 6.04. The van der Waals surface area contributed by atoms with Crippen molar-refractivity contribution in [3.63, 3.8) is 0 Å². The molecule has 0 bridgehead atoms. The van der Waals surface area contributed by atoms with E-state index < -0.39 is 0 Å². The van der Waals surface area contributed by atoms with Gasteiger partial charge >= 0.3 is 0 Å². The minimum Gasteiger partial charge on any atom is -0.338 e. The topological polar surface area (TPSA) is 50.7 Å². The summed E-state index contributed by atoms with van der Waals surface area (Å²) in [5.74, 6) is 0.822. The van der Waals surface area contributed by atoms with Gasteiger partial charge in [0.15, 0.2) is 0 Å². The van der Waals surface area contributed by atoms with Crippen LogP contribution in [0.5, 0.6) is 0 Å². The van der Waals surface area contributed by atoms with E-state index in [2.05, 4.69) is 45.4 Å². The van der Waals surface area contributed by atoms with Crippen molar-refractivity contribution in [2.24, 2.45) is 0 Å². The number of aryl methyl sites for hydroxylation is 1. The Bertz CT molecular complexity index is 940. The summed E-state index contributed by atoms with van der Waals surface area (Å²) < 4.78 is 0. The Kier molecular flexibility index (Phi) is 2.79. The quantitative estimate of drug-likeness (QED) is 0.598. The first-order chi connectivity index (χ1) is 10.3. The van der Waals surface area contributed by atoms with Gasteiger partial charge in [0.25, 0.3) is 0 Å². The lowest BCUT2D eigenvalue weighted by atomic mass is 10.2. The average Bonchev–Trinajstić information content (AvgIpc) is 2.89. The van der Waals surface area contributed by atoms with Gasteiger partial charge in [0, 0.05) is 16.5 Å². The zero-order chi connectivity index (χ0) is 14.2. The second kappa shape index (κ2) is 4.79. The van der Waals surface area contributed by atoms with Crippen molar-refractivity contribution in [2.45, 2.75) is 6.92 Å². The third-order valence-corrected chi connectivity index (χ3v) is 4.30. The summed E-state index contributed by atoms with van der Waals surface area (Å²) in [5, 5.41) is 5.55. The molecule has 4 aromatic rings. The molecule has 21 heavy (non-hydrogen) atoms. The van der Waals surface area contributed by atoms with Crippen molar-refractivity contribution in [2.75, 3.05) is 5.32 Å². The minimum absolute atomic E-state index is 0.822. The fourth-order valence-electron chi connectivity index (χ4n) is 2.41. The van der Waals surface area contributed by atoms with E-state index in [0.29, 0.717) is 0 Å². The standard InChI is InChI=1S/C16H12N4S/c1-10-8-12-15(18-9-19-16(12)21-10)20-13-6-2-4-11-5-3-7-17-14(11)13/h2-9H,1H3,(H,18,19,20). The van der Waals surface area contributed by atoms with Gasteiger partial charge < -0.3 is 5.32 Å². The normalized spacial score (nSPS) is 11.1. The Morgan fingerprint density at radius 1 is 1.05 bits per heavy atom. The zero-order valence-electron chi connectivity index (χ0n) is 11.4. The summed E-state index contributed by atoms with van der Waals surface area (Å²) in [6.07, 6.45) is 3.40. The lowest BCUT2D eigenvalue weighted by molar-refractivity contribution is 1.23. The van der Waals surface area contributed by atoms with Crippen molar-refractivity contribution in [1.29, 1.82) is 0 Å². The summed E-state index contributed by atoms with van der Waals surface area (Å²) in [6.45, 7) is 2.08. The van der Waals surface area contributed by atoms with Crippen LogP contribution in [0.3, 0.4) is 0 Å². The van der Waals surface area contributed by atoms with Gasteiger partial charge in [0.1, 0.15) is 17.0 Å². The molecule has 0 amide bonds. The number of nitrogens with one attached hydrogen (secondary N) is 1. The summed E-state index contributed by atoms with van der Waals surface area (Å²) in [6, 6.07) is 12.2. The molecule has 3 aromatic heterocycles. The van der Waals surface area contributed by atoms with Gasteiger partial charge in [0.05, 0.1) is 16.6 Å². The molecule has 3 heterocycles. The highest BCUT2D eigenvalue weighted by Gasteiger charge is 2.09. The molecular weight excluding hydrogens is 280 g/mol. The molecule has 0 spiro atoms. The third kappa shape index (κ3) is 2.11. The maximum atomic E-state index is 4.46. The van der Waals surface area contributed by atoms with Gasteiger partial charge in [-0.15, -0.1) is 11.3 Å². The van der Waals surface area contributed by atoms with Gasteiger partial charge in [-0.05, 0) is 25.1 Å². The predicted molar refractivity (Wildman–Crippen MR) is 87.2 cm³/mol. The molecule has 0 fully saturated rings. The van der Waals surface area contributed by atoms with Crippen LogP contribution >= 0.6 is 11.3 Å². The summed E-state index contributed by atoms with van der Waals surface area (Å²) in [7, 11) is 0. The van der Waals surface area contributed by atoms with E-state index in [-0.39, 0.29) is 0 Å². The van der Waals surface area contributed by atoms with Gasteiger partial charge in [-0.25, -0.2) is 9.97 Å². The first kappa shape index (κ1) is 12.2. The molecule has 4 rings (SSSR count). The Hall–Kier alpha value is -2.53. The first-order valence-electron chi connectivity index (χ1n) is 6.63. The maximum absolute atomic E-state index is 4.46. The number of thiophene rings is 1. The largest absolute Gasteiger partial charge is 0.338 e. The van der Waals surface area contributed by atoms with Gasteiger partial charge in [-0.1, -0.05) is 18.2 Å². The minimum atomic E-state index is 0.822. The van der Waals surface area contributed by atoms with Crippen molar-refractivity contribution in [3.8, 4) is 0 Å². The molecule has 0 aliphatic heterocycles. The van der Waals surface area contributed by atoms with Crippen molar-refractivity contribution in [3.05, 3.63) is 53.8 Å². The van der Waals surface area contributed by atoms with Gasteiger partial charge in [-0.2, -0.15) is 0 Å². The summed E-state index contributed by atoms with van der Waals surface area (Å²) >= 11 is 1.67. The van der Waals surface area contributed by atoms with E-state index in [4.69, 9.17) is 0 Å². The molecule has 0 radical (unpaired) electrons. The number of fused-ring (bicyclic) bond motifs is 2. The fourth-order valence-corrected chi connectivity index (χ4v) is 3.26. The molecule has 102 valence electrons. The highest BCUT2D eigenvalue weighted by atomic mass is 32.1. The molecular formula is C16H12N4S. The number of aromatic nitrogens is 3. The number of anilines is 2.